The molecular weight excluding hydrogens is 283 g/mol. The van der Waals surface area contributed by atoms with Gasteiger partial charge in [-0.2, -0.15) is 18.0 Å². The molecule has 5 nitrogen and oxygen atoms in total. The molecule has 1 aromatic heterocycles. The van der Waals surface area contributed by atoms with Crippen LogP contribution in [-0.2, 0) is 19.8 Å². The van der Waals surface area contributed by atoms with Crippen molar-refractivity contribution in [3.05, 3.63) is 34.6 Å². The molecule has 0 bridgehead atoms. The zero-order valence-corrected chi connectivity index (χ0v) is 10.5. The molecule has 0 aliphatic carbocycles. The average molecular weight is 292 g/mol. The largest absolute Gasteiger partial charge is 0.417 e. The Labute approximate surface area is 111 Å². The van der Waals surface area contributed by atoms with Gasteiger partial charge in [-0.05, 0) is 23.4 Å². The third kappa shape index (κ3) is 3.34. The number of nitrogens with one attached hydrogen (secondary N) is 1. The topological polar surface area (TPSA) is 55.6 Å². The van der Waals surface area contributed by atoms with Gasteiger partial charge in [0.05, 0.1) is 24.2 Å². The van der Waals surface area contributed by atoms with E-state index in [2.05, 4.69) is 20.7 Å². The average Bonchev–Trinajstić information content (AvgIpc) is 2.71. The third-order valence-corrected chi connectivity index (χ3v) is 2.59. The van der Waals surface area contributed by atoms with Crippen LogP contribution in [0.15, 0.2) is 18.2 Å². The molecule has 0 spiro atoms. The molecule has 9 heteroatoms. The monoisotopic (exact) mass is 291 g/mol. The van der Waals surface area contributed by atoms with Crippen LogP contribution in [-0.4, -0.2) is 20.2 Å². The van der Waals surface area contributed by atoms with Crippen LogP contribution >= 0.6 is 11.6 Å². The summed E-state index contributed by atoms with van der Waals surface area (Å²) in [6, 6.07) is 3.43. The summed E-state index contributed by atoms with van der Waals surface area (Å²) in [6.45, 7) is 0.246. The van der Waals surface area contributed by atoms with Gasteiger partial charge < -0.3 is 5.32 Å². The van der Waals surface area contributed by atoms with Crippen molar-refractivity contribution in [1.29, 1.82) is 0 Å². The lowest BCUT2D eigenvalue weighted by molar-refractivity contribution is -0.137. The van der Waals surface area contributed by atoms with Crippen LogP contribution in [0.25, 0.3) is 0 Å². The molecule has 102 valence electrons. The van der Waals surface area contributed by atoms with E-state index < -0.39 is 11.7 Å². The summed E-state index contributed by atoms with van der Waals surface area (Å²) in [5, 5.41) is 13.8. The molecule has 1 heterocycles. The predicted octanol–water partition coefficient (Wildman–Crippen LogP) is 2.49. The lowest BCUT2D eigenvalue weighted by atomic mass is 10.2. The van der Waals surface area contributed by atoms with Crippen LogP contribution < -0.4 is 5.32 Å². The van der Waals surface area contributed by atoms with E-state index in [-0.39, 0.29) is 11.6 Å². The Hall–Kier alpha value is -1.83. The van der Waals surface area contributed by atoms with Crippen molar-refractivity contribution in [2.24, 2.45) is 7.05 Å². The van der Waals surface area contributed by atoms with Crippen molar-refractivity contribution in [2.45, 2.75) is 12.7 Å². The molecule has 19 heavy (non-hydrogen) atoms. The fourth-order valence-corrected chi connectivity index (χ4v) is 1.72. The Balaban J connectivity index is 2.08. The van der Waals surface area contributed by atoms with E-state index in [1.165, 1.54) is 16.9 Å². The summed E-state index contributed by atoms with van der Waals surface area (Å²) < 4.78 is 37.5. The second-order valence-electron chi connectivity index (χ2n) is 3.74. The van der Waals surface area contributed by atoms with Gasteiger partial charge in [-0.1, -0.05) is 11.6 Å². The molecule has 1 aromatic carbocycles. The summed E-state index contributed by atoms with van der Waals surface area (Å²) >= 11 is 5.59. The van der Waals surface area contributed by atoms with E-state index in [0.717, 1.165) is 6.07 Å². The molecule has 0 saturated carbocycles. The van der Waals surface area contributed by atoms with E-state index in [4.69, 9.17) is 11.6 Å². The third-order valence-electron chi connectivity index (χ3n) is 2.27. The molecule has 0 atom stereocenters. The molecule has 0 radical (unpaired) electrons. The highest BCUT2D eigenvalue weighted by Crippen LogP contribution is 2.35. The first-order valence-electron chi connectivity index (χ1n) is 5.20. The van der Waals surface area contributed by atoms with Crippen molar-refractivity contribution >= 4 is 17.3 Å². The fraction of sp³-hybridized carbons (Fsp3) is 0.300. The quantitative estimate of drug-likeness (QED) is 0.944. The molecule has 0 unspecified atom stereocenters. The highest BCUT2D eigenvalue weighted by Gasteiger charge is 2.32. The number of anilines is 1. The molecular formula is C10H9ClF3N5. The van der Waals surface area contributed by atoms with Crippen LogP contribution in [0.5, 0.6) is 0 Å². The standard InChI is InChI=1S/C10H9ClF3N5/c1-19-17-9(16-18-19)5-15-6-2-3-7(8(11)4-6)10(12,13)14/h2-4,15H,5H2,1H3. The minimum atomic E-state index is -4.46. The number of aryl methyl sites for hydroxylation is 1. The van der Waals surface area contributed by atoms with Gasteiger partial charge in [0, 0.05) is 5.69 Å². The Morgan fingerprint density at radius 1 is 1.37 bits per heavy atom. The van der Waals surface area contributed by atoms with Crippen molar-refractivity contribution in [2.75, 3.05) is 5.32 Å². The summed E-state index contributed by atoms with van der Waals surface area (Å²) in [5.74, 6) is 0.429. The maximum Gasteiger partial charge on any atom is 0.417 e. The summed E-state index contributed by atoms with van der Waals surface area (Å²) in [6.07, 6.45) is -4.46. The van der Waals surface area contributed by atoms with Gasteiger partial charge >= 0.3 is 6.18 Å². The second kappa shape index (κ2) is 5.04. The molecule has 1 N–H and O–H groups in total. The number of alkyl halides is 3. The zero-order valence-electron chi connectivity index (χ0n) is 9.74. The number of hydrogen-bond donors (Lipinski definition) is 1. The molecule has 0 amide bonds. The number of benzene rings is 1. The van der Waals surface area contributed by atoms with Crippen LogP contribution in [0.4, 0.5) is 18.9 Å². The van der Waals surface area contributed by atoms with Gasteiger partial charge in [0.15, 0.2) is 5.82 Å². The zero-order chi connectivity index (χ0) is 14.0. The van der Waals surface area contributed by atoms with Crippen LogP contribution in [0.3, 0.4) is 0 Å². The van der Waals surface area contributed by atoms with E-state index in [1.807, 2.05) is 0 Å². The smallest absolute Gasteiger partial charge is 0.378 e. The Morgan fingerprint density at radius 3 is 2.63 bits per heavy atom. The molecule has 0 saturated heterocycles. The molecule has 0 aliphatic heterocycles. The number of tetrazole rings is 1. The van der Waals surface area contributed by atoms with Crippen molar-refractivity contribution in [1.82, 2.24) is 20.2 Å². The lowest BCUT2D eigenvalue weighted by Crippen LogP contribution is -2.07. The molecule has 2 rings (SSSR count). The van der Waals surface area contributed by atoms with E-state index in [9.17, 15) is 13.2 Å². The first-order valence-corrected chi connectivity index (χ1v) is 5.57. The maximum absolute atomic E-state index is 12.5. The minimum Gasteiger partial charge on any atom is -0.378 e. The second-order valence-corrected chi connectivity index (χ2v) is 4.15. The van der Waals surface area contributed by atoms with Crippen LogP contribution in [0.2, 0.25) is 5.02 Å². The highest BCUT2D eigenvalue weighted by atomic mass is 35.5. The van der Waals surface area contributed by atoms with Crippen LogP contribution in [0.1, 0.15) is 11.4 Å². The molecule has 0 fully saturated rings. The van der Waals surface area contributed by atoms with Gasteiger partial charge in [-0.3, -0.25) is 0 Å². The van der Waals surface area contributed by atoms with Crippen LogP contribution in [0, 0.1) is 0 Å². The number of nitrogens with zero attached hydrogens (tertiary/aromatic N) is 4. The first kappa shape index (κ1) is 13.6. The Kier molecular flexibility index (Phi) is 3.61. The van der Waals surface area contributed by atoms with Gasteiger partial charge in [-0.15, -0.1) is 10.2 Å². The van der Waals surface area contributed by atoms with E-state index in [0.29, 0.717) is 11.5 Å². The number of hydrogen-bond acceptors (Lipinski definition) is 4. The number of halogens is 4. The summed E-state index contributed by atoms with van der Waals surface area (Å²) in [7, 11) is 1.62. The predicted molar refractivity (Wildman–Crippen MR) is 62.6 cm³/mol. The molecule has 2 aromatic rings. The normalized spacial score (nSPS) is 11.6. The Morgan fingerprint density at radius 2 is 2.11 bits per heavy atom. The van der Waals surface area contributed by atoms with Gasteiger partial charge in [-0.25, -0.2) is 0 Å². The number of rotatable bonds is 3. The SMILES string of the molecule is Cn1nnc(CNc2ccc(C(F)(F)F)c(Cl)c2)n1. The summed E-state index contributed by atoms with van der Waals surface area (Å²) in [5.41, 5.74) is -0.414. The van der Waals surface area contributed by atoms with Crippen molar-refractivity contribution in [3.63, 3.8) is 0 Å². The fourth-order valence-electron chi connectivity index (χ4n) is 1.43. The first-order chi connectivity index (χ1) is 8.86. The van der Waals surface area contributed by atoms with Crippen molar-refractivity contribution < 1.29 is 13.2 Å². The highest BCUT2D eigenvalue weighted by molar-refractivity contribution is 6.31. The lowest BCUT2D eigenvalue weighted by Gasteiger charge is -2.10. The summed E-state index contributed by atoms with van der Waals surface area (Å²) in [4.78, 5) is 1.29. The Bertz CT molecular complexity index is 581. The van der Waals surface area contributed by atoms with E-state index in [1.54, 1.807) is 7.05 Å². The minimum absolute atomic E-state index is 0.246. The maximum atomic E-state index is 12.5. The number of aromatic nitrogens is 4. The van der Waals surface area contributed by atoms with Gasteiger partial charge in [0.2, 0.25) is 0 Å². The van der Waals surface area contributed by atoms with E-state index >= 15 is 0 Å². The van der Waals surface area contributed by atoms with Gasteiger partial charge in [0.25, 0.3) is 0 Å². The molecule has 0 aliphatic rings. The van der Waals surface area contributed by atoms with Gasteiger partial charge in [0.1, 0.15) is 0 Å². The van der Waals surface area contributed by atoms with Crippen molar-refractivity contribution in [3.8, 4) is 0 Å².